The van der Waals surface area contributed by atoms with Crippen molar-refractivity contribution in [2.75, 3.05) is 0 Å². The van der Waals surface area contributed by atoms with Gasteiger partial charge in [-0.3, -0.25) is 14.6 Å². The number of nitrogens with zero attached hydrogens (tertiary/aromatic N) is 1. The zero-order valence-corrected chi connectivity index (χ0v) is 12.4. The lowest BCUT2D eigenvalue weighted by molar-refractivity contribution is -0.123. The van der Waals surface area contributed by atoms with Crippen LogP contribution in [0.3, 0.4) is 0 Å². The van der Waals surface area contributed by atoms with Crippen molar-refractivity contribution in [1.82, 2.24) is 10.3 Å². The summed E-state index contributed by atoms with van der Waals surface area (Å²) in [5, 5.41) is 3.30. The highest BCUT2D eigenvalue weighted by Crippen LogP contribution is 2.39. The van der Waals surface area contributed by atoms with Crippen LogP contribution >= 0.6 is 0 Å². The average Bonchev–Trinajstić information content (AvgIpc) is 2.39. The number of nitrogens with one attached hydrogen (secondary N) is 1. The fourth-order valence-electron chi connectivity index (χ4n) is 3.12. The monoisotopic (exact) mass is 272 g/mol. The van der Waals surface area contributed by atoms with E-state index in [4.69, 9.17) is 0 Å². The van der Waals surface area contributed by atoms with Crippen molar-refractivity contribution in [3.05, 3.63) is 41.4 Å². The molecule has 1 N–H and O–H groups in total. The first-order chi connectivity index (χ1) is 9.39. The van der Waals surface area contributed by atoms with Crippen molar-refractivity contribution in [2.24, 2.45) is 0 Å². The molecule has 0 aliphatic carbocycles. The third-order valence-electron chi connectivity index (χ3n) is 4.33. The van der Waals surface area contributed by atoms with Crippen LogP contribution in [-0.4, -0.2) is 22.6 Å². The van der Waals surface area contributed by atoms with Crippen LogP contribution in [0.25, 0.3) is 0 Å². The number of hydrogen-bond donors (Lipinski definition) is 1. The first-order valence-corrected chi connectivity index (χ1v) is 6.78. The van der Waals surface area contributed by atoms with Crippen LogP contribution < -0.4 is 5.32 Å². The number of allylic oxidation sites excluding steroid dienone is 2. The minimum absolute atomic E-state index is 0.0154. The SMILES string of the molecule is CC(=O)C1=C(C)NC(C)C(C(C)=O)(c2ccncc2)C1. The van der Waals surface area contributed by atoms with Gasteiger partial charge in [0.1, 0.15) is 5.78 Å². The highest BCUT2D eigenvalue weighted by atomic mass is 16.1. The Hall–Kier alpha value is -1.97. The molecular formula is C16H20N2O2. The summed E-state index contributed by atoms with van der Waals surface area (Å²) in [4.78, 5) is 28.3. The topological polar surface area (TPSA) is 59.1 Å². The Morgan fingerprint density at radius 2 is 1.90 bits per heavy atom. The van der Waals surface area contributed by atoms with Crippen LogP contribution in [0.4, 0.5) is 0 Å². The fraction of sp³-hybridized carbons (Fsp3) is 0.438. The first kappa shape index (κ1) is 14.4. The maximum absolute atomic E-state index is 12.4. The number of Topliss-reactive ketones (excluding diaryl/α,β-unsaturated/α-hetero) is 2. The van der Waals surface area contributed by atoms with E-state index in [9.17, 15) is 9.59 Å². The van der Waals surface area contributed by atoms with Gasteiger partial charge in [-0.15, -0.1) is 0 Å². The molecule has 1 aliphatic rings. The molecular weight excluding hydrogens is 252 g/mol. The summed E-state index contributed by atoms with van der Waals surface area (Å²) < 4.78 is 0. The van der Waals surface area contributed by atoms with Crippen molar-refractivity contribution < 1.29 is 9.59 Å². The van der Waals surface area contributed by atoms with Gasteiger partial charge in [0, 0.05) is 29.7 Å². The summed E-state index contributed by atoms with van der Waals surface area (Å²) in [6.45, 7) is 7.02. The zero-order chi connectivity index (χ0) is 14.9. The molecule has 1 aromatic heterocycles. The summed E-state index contributed by atoms with van der Waals surface area (Å²) in [5.74, 6) is 0.0801. The van der Waals surface area contributed by atoms with Crippen molar-refractivity contribution in [1.29, 1.82) is 0 Å². The molecule has 0 spiro atoms. The molecule has 1 aliphatic heterocycles. The molecule has 0 saturated heterocycles. The van der Waals surface area contributed by atoms with E-state index in [2.05, 4.69) is 10.3 Å². The molecule has 1 aromatic rings. The Kier molecular flexibility index (Phi) is 3.75. The maximum Gasteiger partial charge on any atom is 0.157 e. The minimum Gasteiger partial charge on any atom is -0.384 e. The van der Waals surface area contributed by atoms with E-state index in [0.717, 1.165) is 11.3 Å². The molecule has 4 heteroatoms. The molecule has 20 heavy (non-hydrogen) atoms. The number of aromatic nitrogens is 1. The predicted molar refractivity (Wildman–Crippen MR) is 77.2 cm³/mol. The number of pyridine rings is 1. The first-order valence-electron chi connectivity index (χ1n) is 6.78. The van der Waals surface area contributed by atoms with E-state index < -0.39 is 5.41 Å². The Bertz CT molecular complexity index is 577. The molecule has 0 fully saturated rings. The van der Waals surface area contributed by atoms with Crippen molar-refractivity contribution in [2.45, 2.75) is 45.6 Å². The number of carbonyl (C=O) groups is 2. The van der Waals surface area contributed by atoms with Crippen LogP contribution in [0.5, 0.6) is 0 Å². The molecule has 0 amide bonds. The number of hydrogen-bond acceptors (Lipinski definition) is 4. The molecule has 2 heterocycles. The van der Waals surface area contributed by atoms with E-state index in [0.29, 0.717) is 12.0 Å². The number of ketones is 2. The Labute approximate surface area is 119 Å². The lowest BCUT2D eigenvalue weighted by Gasteiger charge is -2.43. The van der Waals surface area contributed by atoms with E-state index in [1.807, 2.05) is 26.0 Å². The highest BCUT2D eigenvalue weighted by Gasteiger charge is 2.46. The van der Waals surface area contributed by atoms with Gasteiger partial charge in [-0.1, -0.05) is 0 Å². The summed E-state index contributed by atoms with van der Waals surface area (Å²) in [7, 11) is 0. The lowest BCUT2D eigenvalue weighted by Crippen LogP contribution is -2.54. The Morgan fingerprint density at radius 3 is 2.40 bits per heavy atom. The molecule has 0 aromatic carbocycles. The van der Waals surface area contributed by atoms with E-state index in [-0.39, 0.29) is 17.6 Å². The molecule has 2 rings (SSSR count). The van der Waals surface area contributed by atoms with Crippen LogP contribution in [0.15, 0.2) is 35.8 Å². The highest BCUT2D eigenvalue weighted by molar-refractivity contribution is 5.98. The molecule has 106 valence electrons. The number of carbonyl (C=O) groups excluding carboxylic acids is 2. The molecule has 0 saturated carbocycles. The second-order valence-electron chi connectivity index (χ2n) is 5.47. The van der Waals surface area contributed by atoms with E-state index >= 15 is 0 Å². The van der Waals surface area contributed by atoms with Crippen LogP contribution in [-0.2, 0) is 15.0 Å². The van der Waals surface area contributed by atoms with Gasteiger partial charge in [0.25, 0.3) is 0 Å². The third-order valence-corrected chi connectivity index (χ3v) is 4.33. The van der Waals surface area contributed by atoms with Gasteiger partial charge >= 0.3 is 0 Å². The Balaban J connectivity index is 2.60. The summed E-state index contributed by atoms with van der Waals surface area (Å²) in [5.41, 5.74) is 1.78. The quantitative estimate of drug-likeness (QED) is 0.916. The standard InChI is InChI=1S/C16H20N2O2/c1-10-15(11(2)19)9-16(13(4)20,12(3)18-10)14-5-7-17-8-6-14/h5-8,12,18H,9H2,1-4H3. The van der Waals surface area contributed by atoms with E-state index in [1.54, 1.807) is 26.2 Å². The van der Waals surface area contributed by atoms with Crippen LogP contribution in [0.1, 0.15) is 39.7 Å². The second kappa shape index (κ2) is 5.19. The molecule has 0 bridgehead atoms. The molecule has 4 nitrogen and oxygen atoms in total. The van der Waals surface area contributed by atoms with Gasteiger partial charge in [0.15, 0.2) is 5.78 Å². The van der Waals surface area contributed by atoms with Crippen LogP contribution in [0.2, 0.25) is 0 Å². The second-order valence-corrected chi connectivity index (χ2v) is 5.47. The smallest absolute Gasteiger partial charge is 0.157 e. The van der Waals surface area contributed by atoms with Crippen molar-refractivity contribution in [3.8, 4) is 0 Å². The van der Waals surface area contributed by atoms with Gasteiger partial charge in [0.2, 0.25) is 0 Å². The van der Waals surface area contributed by atoms with Gasteiger partial charge in [0.05, 0.1) is 5.41 Å². The lowest BCUT2D eigenvalue weighted by atomic mass is 9.65. The zero-order valence-electron chi connectivity index (χ0n) is 12.4. The summed E-state index contributed by atoms with van der Waals surface area (Å²) in [6, 6.07) is 3.65. The van der Waals surface area contributed by atoms with Gasteiger partial charge in [-0.05, 0) is 51.8 Å². The Morgan fingerprint density at radius 1 is 1.30 bits per heavy atom. The van der Waals surface area contributed by atoms with Gasteiger partial charge in [-0.25, -0.2) is 0 Å². The van der Waals surface area contributed by atoms with Gasteiger partial charge in [-0.2, -0.15) is 0 Å². The largest absolute Gasteiger partial charge is 0.384 e. The van der Waals surface area contributed by atoms with Crippen molar-refractivity contribution in [3.63, 3.8) is 0 Å². The normalized spacial score (nSPS) is 26.1. The third kappa shape index (κ3) is 2.15. The van der Waals surface area contributed by atoms with E-state index in [1.165, 1.54) is 0 Å². The summed E-state index contributed by atoms with van der Waals surface area (Å²) >= 11 is 0. The maximum atomic E-state index is 12.4. The van der Waals surface area contributed by atoms with Gasteiger partial charge < -0.3 is 5.32 Å². The average molecular weight is 272 g/mol. The molecule has 2 atom stereocenters. The van der Waals surface area contributed by atoms with Crippen molar-refractivity contribution >= 4 is 11.6 Å². The predicted octanol–water partition coefficient (Wildman–Crippen LogP) is 2.15. The number of rotatable bonds is 3. The molecule has 0 radical (unpaired) electrons. The molecule has 2 unspecified atom stereocenters. The summed E-state index contributed by atoms with van der Waals surface area (Å²) in [6.07, 6.45) is 3.82. The van der Waals surface area contributed by atoms with Crippen LogP contribution in [0, 0.1) is 0 Å². The minimum atomic E-state index is -0.705. The fourth-order valence-corrected chi connectivity index (χ4v) is 3.12.